The maximum Gasteiger partial charge on any atom is 0.124 e. The van der Waals surface area contributed by atoms with Gasteiger partial charge in [-0.3, -0.25) is 4.98 Å². The summed E-state index contributed by atoms with van der Waals surface area (Å²) in [4.78, 5) is 10.5. The van der Waals surface area contributed by atoms with E-state index in [9.17, 15) is 5.11 Å². The molecule has 0 amide bonds. The van der Waals surface area contributed by atoms with Crippen molar-refractivity contribution >= 4 is 22.5 Å². The van der Waals surface area contributed by atoms with Crippen LogP contribution in [-0.2, 0) is 21.1 Å². The number of para-hydroxylation sites is 1. The Bertz CT molecular complexity index is 1680. The van der Waals surface area contributed by atoms with Gasteiger partial charge in [-0.05, 0) is 46.5 Å². The molecule has 0 aliphatic heterocycles. The quantitative estimate of drug-likeness (QED) is 0.187. The molecule has 0 saturated heterocycles. The van der Waals surface area contributed by atoms with Gasteiger partial charge in [0.05, 0.1) is 5.69 Å². The third-order valence-electron chi connectivity index (χ3n) is 6.00. The molecule has 182 valence electrons. The van der Waals surface area contributed by atoms with Crippen LogP contribution in [0.5, 0.6) is 5.75 Å². The number of aromatic hydroxyl groups is 1. The van der Waals surface area contributed by atoms with E-state index in [0.29, 0.717) is 11.3 Å². The number of benzene rings is 4. The van der Waals surface area contributed by atoms with E-state index in [1.54, 1.807) is 17.8 Å². The molecule has 2 aromatic heterocycles. The summed E-state index contributed by atoms with van der Waals surface area (Å²) >= 11 is 1.60. The van der Waals surface area contributed by atoms with Gasteiger partial charge in [-0.2, -0.15) is 0 Å². The zero-order valence-corrected chi connectivity index (χ0v) is 22.7. The van der Waals surface area contributed by atoms with Crippen molar-refractivity contribution in [1.82, 2.24) is 9.97 Å². The molecule has 0 unspecified atom stereocenters. The van der Waals surface area contributed by atoms with E-state index in [1.165, 1.54) is 0 Å². The fraction of sp³-hybridized carbons (Fsp3) is 0. The SMILES string of the molecule is Oc1ccccc1-c1cc(-c2ccccc2)cc(-c2[c-]c(Sc3nccc4ccccc34)ccc2)n1.[Pt]. The molecule has 37 heavy (non-hydrogen) atoms. The van der Waals surface area contributed by atoms with E-state index < -0.39 is 0 Å². The Hall–Kier alpha value is -3.72. The van der Waals surface area contributed by atoms with Crippen molar-refractivity contribution in [3.05, 3.63) is 128 Å². The van der Waals surface area contributed by atoms with Crippen LogP contribution in [0.15, 0.2) is 131 Å². The number of aromatic nitrogens is 2. The summed E-state index contributed by atoms with van der Waals surface area (Å²) in [7, 11) is 0. The Balaban J connectivity index is 0.00000280. The molecular weight excluding hydrogens is 656 g/mol. The molecule has 0 spiro atoms. The van der Waals surface area contributed by atoms with E-state index in [-0.39, 0.29) is 26.8 Å². The van der Waals surface area contributed by atoms with Crippen molar-refractivity contribution in [3.8, 4) is 39.4 Å². The van der Waals surface area contributed by atoms with Gasteiger partial charge in [-0.1, -0.05) is 89.5 Å². The summed E-state index contributed by atoms with van der Waals surface area (Å²) in [5.74, 6) is 0.205. The summed E-state index contributed by atoms with van der Waals surface area (Å²) in [5, 5.41) is 13.8. The average molecular weight is 677 g/mol. The molecule has 3 nitrogen and oxygen atoms in total. The number of hydrogen-bond donors (Lipinski definition) is 1. The number of hydrogen-bond acceptors (Lipinski definition) is 4. The molecule has 0 aliphatic carbocycles. The van der Waals surface area contributed by atoms with Crippen molar-refractivity contribution < 1.29 is 26.2 Å². The van der Waals surface area contributed by atoms with Crippen LogP contribution in [0.1, 0.15) is 0 Å². The standard InChI is InChI=1S/C32H21N2OS.Pt/c35-31-16-7-6-15-28(31)30-21-25(22-9-2-1-3-10-22)20-29(34-30)24-12-8-13-26(19-24)36-32-27-14-5-4-11-23(27)17-18-33-32;/h1-18,20-21,35H;/q-1;. The van der Waals surface area contributed by atoms with Crippen LogP contribution in [-0.4, -0.2) is 15.1 Å². The maximum absolute atomic E-state index is 10.5. The van der Waals surface area contributed by atoms with E-state index in [1.807, 2.05) is 85.1 Å². The molecule has 1 N–H and O–H groups in total. The molecule has 0 bridgehead atoms. The molecule has 2 heterocycles. The number of rotatable bonds is 5. The van der Waals surface area contributed by atoms with Crippen LogP contribution in [0.25, 0.3) is 44.4 Å². The third-order valence-corrected chi connectivity index (χ3v) is 6.98. The van der Waals surface area contributed by atoms with E-state index in [2.05, 4.69) is 41.4 Å². The summed E-state index contributed by atoms with van der Waals surface area (Å²) in [5.41, 5.74) is 5.20. The van der Waals surface area contributed by atoms with Gasteiger partial charge in [0.2, 0.25) is 0 Å². The smallest absolute Gasteiger partial charge is 0.124 e. The molecule has 0 radical (unpaired) electrons. The number of pyridine rings is 2. The Morgan fingerprint density at radius 3 is 2.30 bits per heavy atom. The van der Waals surface area contributed by atoms with E-state index >= 15 is 0 Å². The predicted octanol–water partition coefficient (Wildman–Crippen LogP) is 8.29. The van der Waals surface area contributed by atoms with Gasteiger partial charge >= 0.3 is 0 Å². The second-order valence-electron chi connectivity index (χ2n) is 8.38. The maximum atomic E-state index is 10.5. The molecule has 0 atom stereocenters. The van der Waals surface area contributed by atoms with Crippen LogP contribution in [0.2, 0.25) is 0 Å². The van der Waals surface area contributed by atoms with Crippen molar-refractivity contribution in [2.24, 2.45) is 0 Å². The minimum absolute atomic E-state index is 0. The first kappa shape index (κ1) is 24.9. The first-order valence-corrected chi connectivity index (χ1v) is 12.5. The number of phenols is 1. The van der Waals surface area contributed by atoms with Crippen LogP contribution in [0.3, 0.4) is 0 Å². The van der Waals surface area contributed by atoms with Crippen LogP contribution >= 0.6 is 11.8 Å². The van der Waals surface area contributed by atoms with Crippen LogP contribution in [0, 0.1) is 6.07 Å². The molecule has 0 aliphatic rings. The van der Waals surface area contributed by atoms with E-state index in [0.717, 1.165) is 43.1 Å². The second kappa shape index (κ2) is 11.1. The number of fused-ring (bicyclic) bond motifs is 1. The van der Waals surface area contributed by atoms with Crippen molar-refractivity contribution in [2.45, 2.75) is 9.92 Å². The summed E-state index contributed by atoms with van der Waals surface area (Å²) < 4.78 is 0. The van der Waals surface area contributed by atoms with Crippen LogP contribution < -0.4 is 0 Å². The Kier molecular flexibility index (Phi) is 7.50. The first-order valence-electron chi connectivity index (χ1n) is 11.6. The normalized spacial score (nSPS) is 10.7. The van der Waals surface area contributed by atoms with Gasteiger partial charge in [0, 0.05) is 38.2 Å². The van der Waals surface area contributed by atoms with Crippen molar-refractivity contribution in [3.63, 3.8) is 0 Å². The Labute approximate surface area is 234 Å². The predicted molar refractivity (Wildman–Crippen MR) is 147 cm³/mol. The Morgan fingerprint density at radius 1 is 0.676 bits per heavy atom. The van der Waals surface area contributed by atoms with Gasteiger partial charge in [0.15, 0.2) is 0 Å². The summed E-state index contributed by atoms with van der Waals surface area (Å²) in [6, 6.07) is 41.5. The molecule has 6 rings (SSSR count). The monoisotopic (exact) mass is 676 g/mol. The molecule has 4 aromatic carbocycles. The molecule has 0 fully saturated rings. The fourth-order valence-corrected chi connectivity index (χ4v) is 5.15. The minimum Gasteiger partial charge on any atom is -0.507 e. The minimum atomic E-state index is 0. The summed E-state index contributed by atoms with van der Waals surface area (Å²) in [6.07, 6.45) is 1.85. The van der Waals surface area contributed by atoms with Gasteiger partial charge in [-0.25, -0.2) is 4.98 Å². The van der Waals surface area contributed by atoms with E-state index in [4.69, 9.17) is 4.98 Å². The molecule has 0 saturated carbocycles. The second-order valence-corrected chi connectivity index (χ2v) is 9.41. The summed E-state index contributed by atoms with van der Waals surface area (Å²) in [6.45, 7) is 0. The van der Waals surface area contributed by atoms with Crippen molar-refractivity contribution in [1.29, 1.82) is 0 Å². The Morgan fingerprint density at radius 2 is 1.43 bits per heavy atom. The van der Waals surface area contributed by atoms with Gasteiger partial charge in [-0.15, -0.1) is 29.8 Å². The van der Waals surface area contributed by atoms with Gasteiger partial charge < -0.3 is 5.11 Å². The zero-order valence-electron chi connectivity index (χ0n) is 19.6. The van der Waals surface area contributed by atoms with Gasteiger partial charge in [0.25, 0.3) is 0 Å². The molecule has 6 aromatic rings. The third kappa shape index (κ3) is 5.36. The molecular formula is C32H21N2OPtS-. The molecule has 5 heteroatoms. The largest absolute Gasteiger partial charge is 0.507 e. The zero-order chi connectivity index (χ0) is 24.3. The van der Waals surface area contributed by atoms with Crippen LogP contribution in [0.4, 0.5) is 0 Å². The van der Waals surface area contributed by atoms with Crippen molar-refractivity contribution in [2.75, 3.05) is 0 Å². The average Bonchev–Trinajstić information content (AvgIpc) is 2.94. The van der Waals surface area contributed by atoms with Gasteiger partial charge in [0.1, 0.15) is 10.8 Å². The topological polar surface area (TPSA) is 46.0 Å². The fourth-order valence-electron chi connectivity index (χ4n) is 4.23. The number of nitrogens with zero attached hydrogens (tertiary/aromatic N) is 2. The number of phenolic OH excluding ortho intramolecular Hbond substituents is 1. The first-order chi connectivity index (χ1) is 17.7.